The Kier molecular flexibility index (Phi) is 3.49. The van der Waals surface area contributed by atoms with Gasteiger partial charge in [-0.15, -0.1) is 0 Å². The van der Waals surface area contributed by atoms with Gasteiger partial charge in [0.2, 0.25) is 0 Å². The molecule has 4 aromatic rings. The molecule has 3 heteroatoms. The van der Waals surface area contributed by atoms with Crippen molar-refractivity contribution >= 4 is 27.5 Å². The Labute approximate surface area is 153 Å². The molecule has 5 rings (SSSR count). The summed E-state index contributed by atoms with van der Waals surface area (Å²) in [5, 5.41) is 2.46. The Hall–Kier alpha value is -2.81. The Morgan fingerprint density at radius 3 is 2.54 bits per heavy atom. The van der Waals surface area contributed by atoms with E-state index in [-0.39, 0.29) is 0 Å². The number of anilines is 1. The molecule has 1 aromatic heterocycles. The van der Waals surface area contributed by atoms with Gasteiger partial charge >= 0.3 is 0 Å². The Morgan fingerprint density at radius 1 is 0.923 bits per heavy atom. The van der Waals surface area contributed by atoms with Gasteiger partial charge < -0.3 is 9.47 Å². The normalized spacial score (nSPS) is 14.6. The molecule has 1 aliphatic heterocycles. The highest BCUT2D eigenvalue weighted by Gasteiger charge is 2.17. The number of hydrogen-bond donors (Lipinski definition) is 0. The molecular weight excluding hydrogens is 318 g/mol. The molecule has 3 nitrogen and oxygen atoms in total. The molecule has 0 aliphatic carbocycles. The van der Waals surface area contributed by atoms with E-state index in [1.807, 2.05) is 0 Å². The summed E-state index contributed by atoms with van der Waals surface area (Å²) in [6.45, 7) is 4.58. The highest BCUT2D eigenvalue weighted by atomic mass is 15.1. The summed E-state index contributed by atoms with van der Waals surface area (Å²) in [4.78, 5) is 7.53. The van der Waals surface area contributed by atoms with Crippen molar-refractivity contribution in [1.82, 2.24) is 9.55 Å². The monoisotopic (exact) mass is 341 g/mol. The summed E-state index contributed by atoms with van der Waals surface area (Å²) in [6.07, 6.45) is 2.61. The first-order chi connectivity index (χ1) is 12.7. The Balaban J connectivity index is 1.66. The maximum Gasteiger partial charge on any atom is 0.140 e. The minimum atomic E-state index is 1.03. The van der Waals surface area contributed by atoms with Crippen LogP contribution in [-0.2, 0) is 7.05 Å². The van der Waals surface area contributed by atoms with Gasteiger partial charge in [-0.05, 0) is 55.0 Å². The van der Waals surface area contributed by atoms with E-state index in [0.29, 0.717) is 0 Å². The van der Waals surface area contributed by atoms with Crippen LogP contribution < -0.4 is 4.90 Å². The lowest BCUT2D eigenvalue weighted by Gasteiger charge is -2.20. The zero-order valence-electron chi connectivity index (χ0n) is 15.4. The molecule has 1 aliphatic rings. The Morgan fingerprint density at radius 2 is 1.73 bits per heavy atom. The fraction of sp³-hybridized carbons (Fsp3) is 0.261. The first-order valence-electron chi connectivity index (χ1n) is 9.42. The van der Waals surface area contributed by atoms with Crippen LogP contribution in [0.3, 0.4) is 0 Å². The van der Waals surface area contributed by atoms with Crippen LogP contribution in [0, 0.1) is 6.92 Å². The van der Waals surface area contributed by atoms with E-state index in [2.05, 4.69) is 78.0 Å². The summed E-state index contributed by atoms with van der Waals surface area (Å²) in [5.41, 5.74) is 6.16. The lowest BCUT2D eigenvalue weighted by Crippen LogP contribution is -2.18. The SMILES string of the molecule is Cc1cc(-c2nc3c4ccccc4ccc3n2C)ccc1N1CCCC1. The maximum absolute atomic E-state index is 5.03. The molecule has 26 heavy (non-hydrogen) atoms. The smallest absolute Gasteiger partial charge is 0.140 e. The first kappa shape index (κ1) is 15.4. The topological polar surface area (TPSA) is 21.1 Å². The molecule has 2 heterocycles. The van der Waals surface area contributed by atoms with Gasteiger partial charge in [0.05, 0.1) is 11.0 Å². The van der Waals surface area contributed by atoms with Crippen LogP contribution in [0.4, 0.5) is 5.69 Å². The van der Waals surface area contributed by atoms with Crippen LogP contribution in [-0.4, -0.2) is 22.6 Å². The molecular formula is C23H23N3. The summed E-state index contributed by atoms with van der Waals surface area (Å²) >= 11 is 0. The molecule has 0 radical (unpaired) electrons. The summed E-state index contributed by atoms with van der Waals surface area (Å²) in [7, 11) is 2.11. The number of fused-ring (bicyclic) bond motifs is 3. The summed E-state index contributed by atoms with van der Waals surface area (Å²) in [6, 6.07) is 19.6. The van der Waals surface area contributed by atoms with E-state index in [4.69, 9.17) is 4.98 Å². The van der Waals surface area contributed by atoms with Crippen LogP contribution in [0.1, 0.15) is 18.4 Å². The van der Waals surface area contributed by atoms with Crippen LogP contribution in [0.25, 0.3) is 33.2 Å². The summed E-state index contributed by atoms with van der Waals surface area (Å²) in [5.74, 6) is 1.03. The molecule has 0 spiro atoms. The average Bonchev–Trinajstić information content (AvgIpc) is 3.30. The number of nitrogens with zero attached hydrogens (tertiary/aromatic N) is 3. The second-order valence-corrected chi connectivity index (χ2v) is 7.34. The van der Waals surface area contributed by atoms with Gasteiger partial charge in [-0.3, -0.25) is 0 Å². The van der Waals surface area contributed by atoms with E-state index < -0.39 is 0 Å². The van der Waals surface area contributed by atoms with Crippen molar-refractivity contribution in [3.05, 3.63) is 60.2 Å². The van der Waals surface area contributed by atoms with Crippen LogP contribution in [0.2, 0.25) is 0 Å². The highest BCUT2D eigenvalue weighted by molar-refractivity contribution is 6.05. The number of rotatable bonds is 2. The van der Waals surface area contributed by atoms with Crippen LogP contribution >= 0.6 is 0 Å². The quantitative estimate of drug-likeness (QED) is 0.493. The van der Waals surface area contributed by atoms with Crippen molar-refractivity contribution < 1.29 is 0 Å². The third-order valence-corrected chi connectivity index (χ3v) is 5.68. The lowest BCUT2D eigenvalue weighted by molar-refractivity contribution is 0.949. The van der Waals surface area contributed by atoms with Gasteiger partial charge in [0.15, 0.2) is 0 Å². The first-order valence-corrected chi connectivity index (χ1v) is 9.42. The van der Waals surface area contributed by atoms with Gasteiger partial charge in [-0.25, -0.2) is 4.98 Å². The maximum atomic E-state index is 5.03. The second kappa shape index (κ2) is 5.87. The largest absolute Gasteiger partial charge is 0.371 e. The molecule has 0 saturated carbocycles. The third-order valence-electron chi connectivity index (χ3n) is 5.68. The predicted octanol–water partition coefficient (Wildman–Crippen LogP) is 5.30. The molecule has 0 unspecified atom stereocenters. The van der Waals surface area contributed by atoms with Crippen molar-refractivity contribution in [3.8, 4) is 11.4 Å². The molecule has 0 N–H and O–H groups in total. The number of benzene rings is 3. The predicted molar refractivity (Wildman–Crippen MR) is 110 cm³/mol. The molecule has 130 valence electrons. The van der Waals surface area contributed by atoms with Gasteiger partial charge in [0.25, 0.3) is 0 Å². The van der Waals surface area contributed by atoms with E-state index in [1.54, 1.807) is 0 Å². The number of aryl methyl sites for hydroxylation is 2. The molecule has 3 aromatic carbocycles. The van der Waals surface area contributed by atoms with Crippen molar-refractivity contribution in [1.29, 1.82) is 0 Å². The standard InChI is InChI=1S/C23H23N3/c1-16-15-18(10-11-20(16)26-13-5-6-14-26)23-24-22-19-8-4-3-7-17(19)9-12-21(22)25(23)2/h3-4,7-12,15H,5-6,13-14H2,1-2H3. The zero-order chi connectivity index (χ0) is 17.7. The van der Waals surface area contributed by atoms with Crippen LogP contribution in [0.5, 0.6) is 0 Å². The number of hydrogen-bond acceptors (Lipinski definition) is 2. The van der Waals surface area contributed by atoms with E-state index in [0.717, 1.165) is 11.3 Å². The molecule has 1 saturated heterocycles. The van der Waals surface area contributed by atoms with Gasteiger partial charge in [0.1, 0.15) is 5.82 Å². The van der Waals surface area contributed by atoms with E-state index in [1.165, 1.54) is 59.0 Å². The average molecular weight is 341 g/mol. The molecule has 1 fully saturated rings. The molecule has 0 atom stereocenters. The minimum Gasteiger partial charge on any atom is -0.371 e. The second-order valence-electron chi connectivity index (χ2n) is 7.34. The van der Waals surface area contributed by atoms with Gasteiger partial charge in [0, 0.05) is 36.8 Å². The molecule has 0 bridgehead atoms. The lowest BCUT2D eigenvalue weighted by atomic mass is 10.1. The fourth-order valence-electron chi connectivity index (χ4n) is 4.29. The van der Waals surface area contributed by atoms with E-state index >= 15 is 0 Å². The highest BCUT2D eigenvalue weighted by Crippen LogP contribution is 2.32. The molecule has 0 amide bonds. The van der Waals surface area contributed by atoms with Crippen molar-refractivity contribution in [2.75, 3.05) is 18.0 Å². The summed E-state index contributed by atoms with van der Waals surface area (Å²) < 4.78 is 2.21. The van der Waals surface area contributed by atoms with Crippen LogP contribution in [0.15, 0.2) is 54.6 Å². The van der Waals surface area contributed by atoms with E-state index in [9.17, 15) is 0 Å². The minimum absolute atomic E-state index is 1.03. The van der Waals surface area contributed by atoms with Crippen molar-refractivity contribution in [2.24, 2.45) is 7.05 Å². The fourth-order valence-corrected chi connectivity index (χ4v) is 4.29. The van der Waals surface area contributed by atoms with Crippen molar-refractivity contribution in [3.63, 3.8) is 0 Å². The van der Waals surface area contributed by atoms with Crippen molar-refractivity contribution in [2.45, 2.75) is 19.8 Å². The number of aromatic nitrogens is 2. The van der Waals surface area contributed by atoms with Gasteiger partial charge in [-0.2, -0.15) is 0 Å². The Bertz CT molecular complexity index is 1120. The van der Waals surface area contributed by atoms with Gasteiger partial charge in [-0.1, -0.05) is 30.3 Å². The zero-order valence-corrected chi connectivity index (χ0v) is 15.4. The third kappa shape index (κ3) is 2.31. The number of imidazole rings is 1.